The van der Waals surface area contributed by atoms with Crippen molar-refractivity contribution in [3.63, 3.8) is 0 Å². The Kier molecular flexibility index (Phi) is 4.95. The third-order valence-corrected chi connectivity index (χ3v) is 3.50. The van der Waals surface area contributed by atoms with Gasteiger partial charge in [-0.3, -0.25) is 4.79 Å². The molecule has 1 aliphatic heterocycles. The van der Waals surface area contributed by atoms with E-state index in [9.17, 15) is 9.18 Å². The second-order valence-electron chi connectivity index (χ2n) is 5.25. The van der Waals surface area contributed by atoms with Crippen molar-refractivity contribution in [2.45, 2.75) is 32.3 Å². The fourth-order valence-electron chi connectivity index (χ4n) is 2.36. The lowest BCUT2D eigenvalue weighted by Crippen LogP contribution is -2.27. The Bertz CT molecular complexity index is 471. The highest BCUT2D eigenvalue weighted by Crippen LogP contribution is 2.24. The fourth-order valence-corrected chi connectivity index (χ4v) is 2.36. The van der Waals surface area contributed by atoms with Gasteiger partial charge >= 0.3 is 0 Å². The van der Waals surface area contributed by atoms with Gasteiger partial charge in [0.05, 0.1) is 11.8 Å². The van der Waals surface area contributed by atoms with Crippen molar-refractivity contribution < 1.29 is 14.3 Å². The first kappa shape index (κ1) is 14.8. The molecule has 20 heavy (non-hydrogen) atoms. The lowest BCUT2D eigenvalue weighted by molar-refractivity contribution is 0.0945. The minimum absolute atomic E-state index is 0.308. The van der Waals surface area contributed by atoms with Crippen molar-refractivity contribution in [1.82, 2.24) is 5.32 Å². The Morgan fingerprint density at radius 1 is 1.45 bits per heavy atom. The number of nitrogens with zero attached hydrogens (tertiary/aromatic N) is 1. The van der Waals surface area contributed by atoms with Gasteiger partial charge in [0.1, 0.15) is 5.82 Å². The fraction of sp³-hybridized carbons (Fsp3) is 0.533. The van der Waals surface area contributed by atoms with Crippen LogP contribution < -0.4 is 10.2 Å². The number of carbonyl (C=O) groups is 1. The van der Waals surface area contributed by atoms with E-state index < -0.39 is 6.10 Å². The molecule has 1 aliphatic rings. The largest absolute Gasteiger partial charge is 0.393 e. The second kappa shape index (κ2) is 6.70. The van der Waals surface area contributed by atoms with Crippen molar-refractivity contribution >= 4 is 11.6 Å². The number of hydrogen-bond acceptors (Lipinski definition) is 3. The van der Waals surface area contributed by atoms with Crippen LogP contribution in [0.15, 0.2) is 18.2 Å². The van der Waals surface area contributed by atoms with E-state index in [-0.39, 0.29) is 11.7 Å². The molecule has 1 unspecified atom stereocenters. The van der Waals surface area contributed by atoms with Crippen molar-refractivity contribution in [1.29, 1.82) is 0 Å². The van der Waals surface area contributed by atoms with Gasteiger partial charge in [-0.25, -0.2) is 4.39 Å². The van der Waals surface area contributed by atoms with E-state index in [2.05, 4.69) is 5.32 Å². The van der Waals surface area contributed by atoms with E-state index in [0.29, 0.717) is 24.2 Å². The molecule has 1 aromatic carbocycles. The molecule has 110 valence electrons. The minimum atomic E-state index is -0.454. The molecule has 0 radical (unpaired) electrons. The summed E-state index contributed by atoms with van der Waals surface area (Å²) >= 11 is 0. The number of amides is 1. The van der Waals surface area contributed by atoms with Gasteiger partial charge in [-0.1, -0.05) is 0 Å². The molecular formula is C15H21FN2O2. The van der Waals surface area contributed by atoms with Crippen LogP contribution in [-0.2, 0) is 0 Å². The molecule has 0 spiro atoms. The van der Waals surface area contributed by atoms with E-state index in [1.165, 1.54) is 6.07 Å². The van der Waals surface area contributed by atoms with Gasteiger partial charge in [0, 0.05) is 25.2 Å². The molecule has 1 amide bonds. The van der Waals surface area contributed by atoms with Crippen LogP contribution in [0.4, 0.5) is 10.1 Å². The number of halogens is 1. The molecule has 0 bridgehead atoms. The average Bonchev–Trinajstić information content (AvgIpc) is 2.91. The molecule has 1 atom stereocenters. The highest BCUT2D eigenvalue weighted by atomic mass is 19.1. The molecule has 1 saturated heterocycles. The predicted molar refractivity (Wildman–Crippen MR) is 76.5 cm³/mol. The average molecular weight is 280 g/mol. The van der Waals surface area contributed by atoms with Crippen molar-refractivity contribution in [3.8, 4) is 0 Å². The van der Waals surface area contributed by atoms with Gasteiger partial charge in [-0.15, -0.1) is 0 Å². The summed E-state index contributed by atoms with van der Waals surface area (Å²) in [6.07, 6.45) is 2.20. The summed E-state index contributed by atoms with van der Waals surface area (Å²) < 4.78 is 14.1. The van der Waals surface area contributed by atoms with Crippen molar-refractivity contribution in [2.75, 3.05) is 24.5 Å². The van der Waals surface area contributed by atoms with Gasteiger partial charge in [0.2, 0.25) is 0 Å². The molecule has 2 rings (SSSR count). The third-order valence-electron chi connectivity index (χ3n) is 3.50. The van der Waals surface area contributed by atoms with Crippen LogP contribution in [0.2, 0.25) is 0 Å². The summed E-state index contributed by atoms with van der Waals surface area (Å²) in [5.41, 5.74) is 0.888. The summed E-state index contributed by atoms with van der Waals surface area (Å²) in [5, 5.41) is 11.8. The molecule has 1 fully saturated rings. The second-order valence-corrected chi connectivity index (χ2v) is 5.25. The van der Waals surface area contributed by atoms with Crippen LogP contribution in [0, 0.1) is 5.82 Å². The summed E-state index contributed by atoms with van der Waals surface area (Å²) in [6, 6.07) is 4.60. The number of benzene rings is 1. The molecular weight excluding hydrogens is 259 g/mol. The first-order valence-corrected chi connectivity index (χ1v) is 7.08. The number of anilines is 1. The van der Waals surface area contributed by atoms with Crippen LogP contribution in [0.1, 0.15) is 36.5 Å². The highest BCUT2D eigenvalue weighted by molar-refractivity contribution is 5.94. The summed E-state index contributed by atoms with van der Waals surface area (Å²) in [5.74, 6) is -0.660. The van der Waals surface area contributed by atoms with E-state index in [1.54, 1.807) is 19.1 Å². The van der Waals surface area contributed by atoms with Gasteiger partial charge < -0.3 is 15.3 Å². The Hall–Kier alpha value is -1.62. The van der Waals surface area contributed by atoms with Crippen molar-refractivity contribution in [3.05, 3.63) is 29.6 Å². The Labute approximate surface area is 118 Å². The number of carbonyl (C=O) groups excluding carboxylic acids is 1. The molecule has 4 nitrogen and oxygen atoms in total. The van der Waals surface area contributed by atoms with Gasteiger partial charge in [-0.05, 0) is 44.4 Å². The monoisotopic (exact) mass is 280 g/mol. The summed E-state index contributed by atoms with van der Waals surface area (Å²) in [4.78, 5) is 13.8. The molecule has 0 saturated carbocycles. The van der Waals surface area contributed by atoms with Crippen LogP contribution in [0.3, 0.4) is 0 Å². The van der Waals surface area contributed by atoms with Gasteiger partial charge in [0.25, 0.3) is 5.91 Å². The van der Waals surface area contributed by atoms with E-state index in [1.807, 2.05) is 4.90 Å². The topological polar surface area (TPSA) is 52.6 Å². The zero-order chi connectivity index (χ0) is 14.5. The lowest BCUT2D eigenvalue weighted by Gasteiger charge is -2.18. The van der Waals surface area contributed by atoms with E-state index >= 15 is 0 Å². The summed E-state index contributed by atoms with van der Waals surface area (Å²) in [6.45, 7) is 3.79. The zero-order valence-corrected chi connectivity index (χ0v) is 11.7. The Balaban J connectivity index is 1.99. The predicted octanol–water partition coefficient (Wildman–Crippen LogP) is 1.93. The summed E-state index contributed by atoms with van der Waals surface area (Å²) in [7, 11) is 0. The SMILES string of the molecule is CC(O)CCNC(=O)c1ccc(N2CCCC2)c(F)c1. The van der Waals surface area contributed by atoms with Crippen LogP contribution in [0.25, 0.3) is 0 Å². The number of aliphatic hydroxyl groups excluding tert-OH is 1. The molecule has 1 heterocycles. The van der Waals surface area contributed by atoms with Gasteiger partial charge in [0.15, 0.2) is 0 Å². The van der Waals surface area contributed by atoms with Crippen LogP contribution >= 0.6 is 0 Å². The zero-order valence-electron chi connectivity index (χ0n) is 11.7. The smallest absolute Gasteiger partial charge is 0.251 e. The molecule has 0 aliphatic carbocycles. The number of nitrogens with one attached hydrogen (secondary N) is 1. The van der Waals surface area contributed by atoms with E-state index in [4.69, 9.17) is 5.11 Å². The lowest BCUT2D eigenvalue weighted by atomic mass is 10.1. The molecule has 1 aromatic rings. The van der Waals surface area contributed by atoms with Crippen molar-refractivity contribution in [2.24, 2.45) is 0 Å². The number of hydrogen-bond donors (Lipinski definition) is 2. The maximum absolute atomic E-state index is 14.1. The molecule has 5 heteroatoms. The molecule has 2 N–H and O–H groups in total. The highest BCUT2D eigenvalue weighted by Gasteiger charge is 2.17. The Morgan fingerprint density at radius 2 is 2.15 bits per heavy atom. The maximum Gasteiger partial charge on any atom is 0.251 e. The Morgan fingerprint density at radius 3 is 2.75 bits per heavy atom. The molecule has 0 aromatic heterocycles. The third kappa shape index (κ3) is 3.70. The van der Waals surface area contributed by atoms with E-state index in [0.717, 1.165) is 25.9 Å². The minimum Gasteiger partial charge on any atom is -0.393 e. The normalized spacial score (nSPS) is 16.2. The number of rotatable bonds is 5. The maximum atomic E-state index is 14.1. The van der Waals surface area contributed by atoms with Crippen LogP contribution in [0.5, 0.6) is 0 Å². The quantitative estimate of drug-likeness (QED) is 0.866. The van der Waals surface area contributed by atoms with Gasteiger partial charge in [-0.2, -0.15) is 0 Å². The first-order valence-electron chi connectivity index (χ1n) is 7.08. The number of aliphatic hydroxyl groups is 1. The standard InChI is InChI=1S/C15H21FN2O2/c1-11(19)6-7-17-15(20)12-4-5-14(13(16)10-12)18-8-2-3-9-18/h4-5,10-11,19H,2-3,6-9H2,1H3,(H,17,20). The van der Waals surface area contributed by atoms with Crippen LogP contribution in [-0.4, -0.2) is 36.8 Å². The first-order chi connectivity index (χ1) is 9.58.